The van der Waals surface area contributed by atoms with Gasteiger partial charge in [0.05, 0.1) is 30.7 Å². The van der Waals surface area contributed by atoms with Crippen LogP contribution >= 0.6 is 0 Å². The average Bonchev–Trinajstić information content (AvgIpc) is 3.14. The van der Waals surface area contributed by atoms with Gasteiger partial charge >= 0.3 is 0 Å². The second kappa shape index (κ2) is 4.43. The Hall–Kier alpha value is -2.14. The number of ether oxygens (including phenoxy) is 1. The van der Waals surface area contributed by atoms with Crippen molar-refractivity contribution in [3.63, 3.8) is 0 Å². The summed E-state index contributed by atoms with van der Waals surface area (Å²) >= 11 is 0. The van der Waals surface area contributed by atoms with Gasteiger partial charge in [-0.25, -0.2) is 0 Å². The number of amides is 2. The molecule has 2 amide bonds. The molecule has 0 saturated carbocycles. The van der Waals surface area contributed by atoms with Crippen LogP contribution in [0.1, 0.15) is 5.56 Å². The maximum absolute atomic E-state index is 12.4. The zero-order valence-electron chi connectivity index (χ0n) is 11.7. The van der Waals surface area contributed by atoms with Gasteiger partial charge in [0, 0.05) is 5.69 Å². The van der Waals surface area contributed by atoms with Crippen LogP contribution in [0.4, 0.5) is 5.69 Å². The molecule has 3 heterocycles. The second-order valence-electron chi connectivity index (χ2n) is 5.76. The van der Waals surface area contributed by atoms with E-state index in [-0.39, 0.29) is 42.5 Å². The third-order valence-electron chi connectivity index (χ3n) is 4.57. The lowest BCUT2D eigenvalue weighted by Crippen LogP contribution is -2.38. The molecule has 4 atom stereocenters. The lowest BCUT2D eigenvalue weighted by atomic mass is 9.85. The van der Waals surface area contributed by atoms with E-state index in [0.29, 0.717) is 0 Å². The van der Waals surface area contributed by atoms with Gasteiger partial charge in [0.2, 0.25) is 11.8 Å². The van der Waals surface area contributed by atoms with E-state index < -0.39 is 0 Å². The Balaban J connectivity index is 1.51. The first-order valence-electron chi connectivity index (χ1n) is 7.15. The highest BCUT2D eigenvalue weighted by Crippen LogP contribution is 2.44. The third kappa shape index (κ3) is 1.74. The van der Waals surface area contributed by atoms with Crippen molar-refractivity contribution < 1.29 is 14.3 Å². The number of aryl methyl sites for hydroxylation is 1. The lowest BCUT2D eigenvalue weighted by molar-refractivity contribution is -0.141. The van der Waals surface area contributed by atoms with Crippen molar-refractivity contribution in [1.82, 2.24) is 4.90 Å². The number of likely N-dealkylation sites (tertiary alicyclic amines) is 1. The van der Waals surface area contributed by atoms with E-state index in [4.69, 9.17) is 4.74 Å². The molecular weight excluding hydrogens is 268 g/mol. The summed E-state index contributed by atoms with van der Waals surface area (Å²) in [5.74, 6) is -0.900. The largest absolute Gasteiger partial charge is 0.367 e. The maximum Gasteiger partial charge on any atom is 0.237 e. The highest BCUT2D eigenvalue weighted by molar-refractivity contribution is 6.06. The molecular formula is C16H16N2O3. The fraction of sp³-hybridized carbons (Fsp3) is 0.375. The number of anilines is 1. The molecule has 1 N–H and O–H groups in total. The summed E-state index contributed by atoms with van der Waals surface area (Å²) in [7, 11) is 0. The van der Waals surface area contributed by atoms with Crippen LogP contribution in [0.25, 0.3) is 0 Å². The zero-order valence-corrected chi connectivity index (χ0v) is 11.7. The summed E-state index contributed by atoms with van der Waals surface area (Å²) in [5, 5.41) is 3.18. The summed E-state index contributed by atoms with van der Waals surface area (Å²) in [5.41, 5.74) is 2.02. The Labute approximate surface area is 122 Å². The monoisotopic (exact) mass is 284 g/mol. The zero-order chi connectivity index (χ0) is 14.6. The summed E-state index contributed by atoms with van der Waals surface area (Å²) in [6, 6.07) is 7.81. The normalized spacial score (nSPS) is 32.9. The van der Waals surface area contributed by atoms with Crippen molar-refractivity contribution in [2.24, 2.45) is 11.8 Å². The van der Waals surface area contributed by atoms with Crippen molar-refractivity contribution in [1.29, 1.82) is 0 Å². The number of benzene rings is 1. The Morgan fingerprint density at radius 1 is 1.10 bits per heavy atom. The summed E-state index contributed by atoms with van der Waals surface area (Å²) in [4.78, 5) is 26.2. The topological polar surface area (TPSA) is 58.6 Å². The number of nitrogens with zero attached hydrogens (tertiary/aromatic N) is 1. The minimum atomic E-state index is -0.328. The van der Waals surface area contributed by atoms with Crippen molar-refractivity contribution in [2.75, 3.05) is 12.0 Å². The van der Waals surface area contributed by atoms with Gasteiger partial charge in [-0.3, -0.25) is 14.5 Å². The van der Waals surface area contributed by atoms with Crippen LogP contribution in [0.15, 0.2) is 36.4 Å². The molecule has 0 aliphatic carbocycles. The Morgan fingerprint density at radius 2 is 1.71 bits per heavy atom. The average molecular weight is 284 g/mol. The van der Waals surface area contributed by atoms with Gasteiger partial charge in [-0.05, 0) is 18.6 Å². The van der Waals surface area contributed by atoms with Gasteiger partial charge in [0.25, 0.3) is 0 Å². The molecule has 0 radical (unpaired) electrons. The summed E-state index contributed by atoms with van der Waals surface area (Å²) in [6.07, 6.45) is 3.35. The first-order chi connectivity index (χ1) is 10.2. The standard InChI is InChI=1S/C16H16N2O3/c1-9-4-2-3-5-10(9)17-8-18-15(19)13-11-6-7-12(21-11)14(13)16(18)20/h2-7,11-14,17H,8H2,1H3/t11-,12-,13+,14+/m1/s1. The van der Waals surface area contributed by atoms with Crippen molar-refractivity contribution >= 4 is 17.5 Å². The second-order valence-corrected chi connectivity index (χ2v) is 5.76. The molecule has 0 spiro atoms. The predicted molar refractivity (Wildman–Crippen MR) is 76.3 cm³/mol. The predicted octanol–water partition coefficient (Wildman–Crippen LogP) is 1.30. The van der Waals surface area contributed by atoms with E-state index in [2.05, 4.69) is 5.32 Å². The molecule has 21 heavy (non-hydrogen) atoms. The van der Waals surface area contributed by atoms with Crippen LogP contribution < -0.4 is 5.32 Å². The smallest absolute Gasteiger partial charge is 0.237 e. The number of imide groups is 1. The summed E-state index contributed by atoms with van der Waals surface area (Å²) in [6.45, 7) is 2.21. The molecule has 3 aliphatic heterocycles. The molecule has 2 saturated heterocycles. The molecule has 2 bridgehead atoms. The molecule has 3 aliphatic rings. The SMILES string of the molecule is Cc1ccccc1NCN1C(=O)[C@@H]2[C@@H](C1=O)[C@H]1C=C[C@H]2O1. The van der Waals surface area contributed by atoms with Crippen LogP contribution in [0.3, 0.4) is 0 Å². The van der Waals surface area contributed by atoms with Gasteiger partial charge in [-0.15, -0.1) is 0 Å². The van der Waals surface area contributed by atoms with Crippen molar-refractivity contribution in [3.8, 4) is 0 Å². The number of nitrogens with one attached hydrogen (secondary N) is 1. The van der Waals surface area contributed by atoms with Crippen molar-refractivity contribution in [2.45, 2.75) is 19.1 Å². The third-order valence-corrected chi connectivity index (χ3v) is 4.57. The van der Waals surface area contributed by atoms with E-state index in [1.54, 1.807) is 0 Å². The van der Waals surface area contributed by atoms with E-state index in [1.807, 2.05) is 43.3 Å². The molecule has 5 nitrogen and oxygen atoms in total. The highest BCUT2D eigenvalue weighted by atomic mass is 16.5. The molecule has 5 heteroatoms. The van der Waals surface area contributed by atoms with E-state index in [1.165, 1.54) is 4.90 Å². The molecule has 108 valence electrons. The van der Waals surface area contributed by atoms with Gasteiger partial charge < -0.3 is 10.1 Å². The number of hydrogen-bond donors (Lipinski definition) is 1. The number of fused-ring (bicyclic) bond motifs is 5. The van der Waals surface area contributed by atoms with Gasteiger partial charge in [0.15, 0.2) is 0 Å². The minimum Gasteiger partial charge on any atom is -0.367 e. The molecule has 4 rings (SSSR count). The number of rotatable bonds is 3. The van der Waals surface area contributed by atoms with E-state index in [9.17, 15) is 9.59 Å². The quantitative estimate of drug-likeness (QED) is 0.671. The Bertz CT molecular complexity index is 625. The lowest BCUT2D eigenvalue weighted by Gasteiger charge is -2.19. The fourth-order valence-corrected chi connectivity index (χ4v) is 3.46. The van der Waals surface area contributed by atoms with Gasteiger partial charge in [-0.2, -0.15) is 0 Å². The highest BCUT2D eigenvalue weighted by Gasteiger charge is 2.60. The molecule has 0 aromatic heterocycles. The van der Waals surface area contributed by atoms with Crippen molar-refractivity contribution in [3.05, 3.63) is 42.0 Å². The van der Waals surface area contributed by atoms with Crippen LogP contribution in [0.2, 0.25) is 0 Å². The number of para-hydroxylation sites is 1. The molecule has 2 fully saturated rings. The van der Waals surface area contributed by atoms with Gasteiger partial charge in [0.1, 0.15) is 0 Å². The first-order valence-corrected chi connectivity index (χ1v) is 7.15. The fourth-order valence-electron chi connectivity index (χ4n) is 3.46. The maximum atomic E-state index is 12.4. The van der Waals surface area contributed by atoms with Crippen LogP contribution in [-0.4, -0.2) is 35.6 Å². The molecule has 0 unspecified atom stereocenters. The van der Waals surface area contributed by atoms with Gasteiger partial charge in [-0.1, -0.05) is 30.4 Å². The Morgan fingerprint density at radius 3 is 2.33 bits per heavy atom. The van der Waals surface area contributed by atoms with Crippen LogP contribution in [0.5, 0.6) is 0 Å². The minimum absolute atomic E-state index is 0.122. The number of carbonyl (C=O) groups excluding carboxylic acids is 2. The number of hydrogen-bond acceptors (Lipinski definition) is 4. The first kappa shape index (κ1) is 12.6. The number of carbonyl (C=O) groups is 2. The Kier molecular flexibility index (Phi) is 2.65. The molecule has 1 aromatic rings. The van der Waals surface area contributed by atoms with E-state index >= 15 is 0 Å². The van der Waals surface area contributed by atoms with Crippen LogP contribution in [0, 0.1) is 18.8 Å². The van der Waals surface area contributed by atoms with E-state index in [0.717, 1.165) is 11.3 Å². The van der Waals surface area contributed by atoms with Crippen LogP contribution in [-0.2, 0) is 14.3 Å². The summed E-state index contributed by atoms with van der Waals surface area (Å²) < 4.78 is 5.61. The molecule has 1 aromatic carbocycles.